The van der Waals surface area contributed by atoms with Crippen LogP contribution in [0.4, 0.5) is 0 Å². The van der Waals surface area contributed by atoms with Gasteiger partial charge in [-0.05, 0) is 0 Å². The zero-order chi connectivity index (χ0) is 5.70. The van der Waals surface area contributed by atoms with Crippen LogP contribution in [0.15, 0.2) is 0 Å². The van der Waals surface area contributed by atoms with Gasteiger partial charge >= 0.3 is 29.6 Å². The quantitative estimate of drug-likeness (QED) is 0.248. The Morgan fingerprint density at radius 3 is 2.38 bits per heavy atom. The average molecular weight is 159 g/mol. The second kappa shape index (κ2) is 8.07. The summed E-state index contributed by atoms with van der Waals surface area (Å²) < 4.78 is 0.314. The number of hydrogen-bond acceptors (Lipinski definition) is 3. The average Bonchev–Trinajstić information content (AvgIpc) is 1.61. The number of aliphatic hydroxyl groups is 1. The predicted octanol–water partition coefficient (Wildman–Crippen LogP) is -3.60. The molecule has 0 saturated heterocycles. The van der Waals surface area contributed by atoms with Gasteiger partial charge in [0.15, 0.2) is 0 Å². The van der Waals surface area contributed by atoms with Crippen LogP contribution in [-0.2, 0) is 12.6 Å². The summed E-state index contributed by atoms with van der Waals surface area (Å²) in [5, 5.41) is 10.7. The smallest absolute Gasteiger partial charge is 0.412 e. The summed E-state index contributed by atoms with van der Waals surface area (Å²) in [6.45, 7) is 0.541. The van der Waals surface area contributed by atoms with Gasteiger partial charge in [0.05, 0.1) is 6.61 Å². The van der Waals surface area contributed by atoms with Crippen LogP contribution in [0.25, 0.3) is 0 Å². The molecule has 0 fully saturated rings. The molecule has 0 spiro atoms. The van der Waals surface area contributed by atoms with Crippen molar-refractivity contribution in [3.8, 4) is 0 Å². The van der Waals surface area contributed by atoms with Crippen LogP contribution in [0.5, 0.6) is 0 Å². The SMILES string of the molecule is OCCNC(=S)[S-].[Na+]. The van der Waals surface area contributed by atoms with Gasteiger partial charge in [0.1, 0.15) is 0 Å². The molecule has 0 aromatic heterocycles. The fourth-order valence-electron chi connectivity index (χ4n) is 0.158. The van der Waals surface area contributed by atoms with Gasteiger partial charge in [0.2, 0.25) is 0 Å². The van der Waals surface area contributed by atoms with Crippen LogP contribution in [0.2, 0.25) is 0 Å². The molecular formula is C3H6NNaOS2. The Hall–Kier alpha value is 1.07. The van der Waals surface area contributed by atoms with E-state index in [2.05, 4.69) is 30.2 Å². The van der Waals surface area contributed by atoms with Gasteiger partial charge in [-0.3, -0.25) is 0 Å². The number of aliphatic hydroxyl groups excluding tert-OH is 1. The maximum atomic E-state index is 8.15. The maximum absolute atomic E-state index is 8.15. The molecule has 0 heterocycles. The molecule has 0 radical (unpaired) electrons. The zero-order valence-corrected chi connectivity index (χ0v) is 8.31. The van der Waals surface area contributed by atoms with Crippen LogP contribution in [0.1, 0.15) is 0 Å². The molecule has 0 aromatic carbocycles. The normalized spacial score (nSPS) is 7.12. The molecule has 5 heteroatoms. The third kappa shape index (κ3) is 10.1. The molecule has 0 bridgehead atoms. The van der Waals surface area contributed by atoms with E-state index in [4.69, 9.17) is 5.11 Å². The van der Waals surface area contributed by atoms with Gasteiger partial charge < -0.3 is 35.3 Å². The van der Waals surface area contributed by atoms with Crippen LogP contribution in [0.3, 0.4) is 0 Å². The molecule has 0 aliphatic heterocycles. The van der Waals surface area contributed by atoms with E-state index in [0.29, 0.717) is 10.9 Å². The standard InChI is InChI=1S/C3H7NOS2.Na/c5-2-1-4-3(6)7;/h5H,1-2H2,(H2,4,6,7);/q;+1/p-1. The van der Waals surface area contributed by atoms with E-state index in [1.807, 2.05) is 0 Å². The van der Waals surface area contributed by atoms with E-state index >= 15 is 0 Å². The van der Waals surface area contributed by atoms with Crippen LogP contribution in [0, 0.1) is 0 Å². The second-order valence-corrected chi connectivity index (χ2v) is 2.01. The Morgan fingerprint density at radius 2 is 2.25 bits per heavy atom. The Bertz CT molecular complexity index is 70.3. The van der Waals surface area contributed by atoms with E-state index in [9.17, 15) is 0 Å². The van der Waals surface area contributed by atoms with Crippen molar-refractivity contribution in [2.24, 2.45) is 0 Å². The molecule has 0 saturated carbocycles. The molecule has 0 unspecified atom stereocenters. The Labute approximate surface area is 81.7 Å². The van der Waals surface area contributed by atoms with Crippen LogP contribution < -0.4 is 34.9 Å². The number of rotatable bonds is 2. The summed E-state index contributed by atoms with van der Waals surface area (Å²) >= 11 is 8.91. The molecule has 0 aliphatic rings. The predicted molar refractivity (Wildman–Crippen MR) is 35.1 cm³/mol. The molecule has 2 N–H and O–H groups in total. The van der Waals surface area contributed by atoms with E-state index in [1.54, 1.807) is 0 Å². The van der Waals surface area contributed by atoms with Crippen molar-refractivity contribution in [2.75, 3.05) is 13.2 Å². The van der Waals surface area contributed by atoms with Gasteiger partial charge in [0, 0.05) is 6.54 Å². The summed E-state index contributed by atoms with van der Waals surface area (Å²) in [4.78, 5) is 0. The molecule has 0 atom stereocenters. The van der Waals surface area contributed by atoms with Crippen LogP contribution >= 0.6 is 12.2 Å². The Kier molecular flexibility index (Phi) is 11.9. The number of nitrogens with one attached hydrogen (secondary N) is 1. The second-order valence-electron chi connectivity index (χ2n) is 0.938. The van der Waals surface area contributed by atoms with E-state index < -0.39 is 0 Å². The van der Waals surface area contributed by atoms with E-state index in [1.165, 1.54) is 0 Å². The first kappa shape index (κ1) is 11.8. The topological polar surface area (TPSA) is 32.3 Å². The number of hydrogen-bond donors (Lipinski definition) is 2. The summed E-state index contributed by atoms with van der Waals surface area (Å²) in [6, 6.07) is 0. The van der Waals surface area contributed by atoms with Gasteiger partial charge in [-0.2, -0.15) is 0 Å². The van der Waals surface area contributed by atoms with Crippen molar-refractivity contribution in [1.82, 2.24) is 5.32 Å². The van der Waals surface area contributed by atoms with Gasteiger partial charge in [-0.25, -0.2) is 0 Å². The fourth-order valence-corrected chi connectivity index (χ4v) is 0.362. The molecule has 8 heavy (non-hydrogen) atoms. The number of thiocarbonyl (C=S) groups is 1. The largest absolute Gasteiger partial charge is 1.00 e. The third-order valence-corrected chi connectivity index (χ3v) is 0.670. The van der Waals surface area contributed by atoms with Crippen molar-refractivity contribution in [3.63, 3.8) is 0 Å². The molecular weight excluding hydrogens is 153 g/mol. The first-order valence-corrected chi connectivity index (χ1v) is 2.64. The molecule has 42 valence electrons. The maximum Gasteiger partial charge on any atom is 1.00 e. The summed E-state index contributed by atoms with van der Waals surface area (Å²) in [5.41, 5.74) is 0. The molecule has 0 amide bonds. The van der Waals surface area contributed by atoms with Crippen LogP contribution in [-0.4, -0.2) is 22.6 Å². The van der Waals surface area contributed by atoms with Crippen molar-refractivity contribution in [1.29, 1.82) is 0 Å². The minimum Gasteiger partial charge on any atom is -0.412 e. The van der Waals surface area contributed by atoms with Crippen molar-refractivity contribution >= 4 is 29.2 Å². The molecule has 0 aromatic rings. The minimum atomic E-state index is 0. The fraction of sp³-hybridized carbons (Fsp3) is 0.667. The third-order valence-electron chi connectivity index (χ3n) is 0.381. The Morgan fingerprint density at radius 1 is 1.75 bits per heavy atom. The zero-order valence-electron chi connectivity index (χ0n) is 4.68. The van der Waals surface area contributed by atoms with E-state index in [0.717, 1.165) is 0 Å². The summed E-state index contributed by atoms with van der Waals surface area (Å²) in [7, 11) is 0. The van der Waals surface area contributed by atoms with Gasteiger partial charge in [-0.1, -0.05) is 4.32 Å². The monoisotopic (exact) mass is 159 g/mol. The van der Waals surface area contributed by atoms with Crippen molar-refractivity contribution < 1.29 is 34.7 Å². The molecule has 2 nitrogen and oxygen atoms in total. The summed E-state index contributed by atoms with van der Waals surface area (Å²) in [6.07, 6.45) is 0. The van der Waals surface area contributed by atoms with Crippen molar-refractivity contribution in [3.05, 3.63) is 0 Å². The first-order chi connectivity index (χ1) is 3.27. The van der Waals surface area contributed by atoms with Crippen molar-refractivity contribution in [2.45, 2.75) is 0 Å². The van der Waals surface area contributed by atoms with Gasteiger partial charge in [-0.15, -0.1) is 0 Å². The first-order valence-electron chi connectivity index (χ1n) is 1.83. The Balaban J connectivity index is 0. The molecule has 0 rings (SSSR count). The molecule has 0 aliphatic carbocycles. The summed E-state index contributed by atoms with van der Waals surface area (Å²) in [5.74, 6) is 0. The minimum absolute atomic E-state index is 0. The van der Waals surface area contributed by atoms with Gasteiger partial charge in [0.25, 0.3) is 0 Å². The van der Waals surface area contributed by atoms with E-state index in [-0.39, 0.29) is 36.2 Å².